The highest BCUT2D eigenvalue weighted by molar-refractivity contribution is 7.89. The Balaban J connectivity index is 1.47. The van der Waals surface area contributed by atoms with Crippen LogP contribution >= 0.6 is 0 Å². The molecule has 2 heterocycles. The third kappa shape index (κ3) is 4.52. The Morgan fingerprint density at radius 1 is 0.935 bits per heavy atom. The van der Waals surface area contributed by atoms with E-state index in [0.717, 1.165) is 0 Å². The predicted molar refractivity (Wildman–Crippen MR) is 115 cm³/mol. The van der Waals surface area contributed by atoms with Crippen LogP contribution in [-0.2, 0) is 14.8 Å². The van der Waals surface area contributed by atoms with E-state index < -0.39 is 27.9 Å². The van der Waals surface area contributed by atoms with E-state index in [1.807, 2.05) is 0 Å². The summed E-state index contributed by atoms with van der Waals surface area (Å²) in [5, 5.41) is 5.46. The van der Waals surface area contributed by atoms with E-state index in [4.69, 9.17) is 4.42 Å². The van der Waals surface area contributed by atoms with E-state index >= 15 is 0 Å². The zero-order valence-electron chi connectivity index (χ0n) is 16.5. The van der Waals surface area contributed by atoms with Gasteiger partial charge in [0.25, 0.3) is 5.91 Å². The minimum atomic E-state index is -3.77. The van der Waals surface area contributed by atoms with Gasteiger partial charge in [0.15, 0.2) is 5.76 Å². The quantitative estimate of drug-likeness (QED) is 0.612. The maximum atomic E-state index is 13.0. The van der Waals surface area contributed by atoms with Crippen molar-refractivity contribution in [2.24, 2.45) is 0 Å². The number of carbonyl (C=O) groups is 2. The molecule has 1 unspecified atom stereocenters. The number of hydrogen-bond acceptors (Lipinski definition) is 5. The summed E-state index contributed by atoms with van der Waals surface area (Å²) in [6, 6.07) is 17.1. The van der Waals surface area contributed by atoms with Crippen LogP contribution in [0.1, 0.15) is 23.4 Å². The van der Waals surface area contributed by atoms with Crippen LogP contribution in [0, 0.1) is 0 Å². The number of anilines is 2. The highest BCUT2D eigenvalue weighted by Crippen LogP contribution is 2.27. The summed E-state index contributed by atoms with van der Waals surface area (Å²) in [6.45, 7) is 0.286. The Bertz CT molecular complexity index is 1180. The van der Waals surface area contributed by atoms with Crippen molar-refractivity contribution in [3.8, 4) is 0 Å². The molecule has 1 saturated heterocycles. The van der Waals surface area contributed by atoms with Crippen LogP contribution in [0.2, 0.25) is 0 Å². The second kappa shape index (κ2) is 8.75. The first-order valence-corrected chi connectivity index (χ1v) is 11.2. The van der Waals surface area contributed by atoms with E-state index in [1.54, 1.807) is 54.6 Å². The molecule has 31 heavy (non-hydrogen) atoms. The lowest BCUT2D eigenvalue weighted by molar-refractivity contribution is -0.119. The topological polar surface area (TPSA) is 109 Å². The fourth-order valence-corrected chi connectivity index (χ4v) is 5.20. The molecule has 8 nitrogen and oxygen atoms in total. The van der Waals surface area contributed by atoms with Crippen molar-refractivity contribution in [2.45, 2.75) is 23.8 Å². The van der Waals surface area contributed by atoms with Gasteiger partial charge in [0.2, 0.25) is 15.9 Å². The predicted octanol–water partition coefficient (Wildman–Crippen LogP) is 3.32. The van der Waals surface area contributed by atoms with Gasteiger partial charge in [-0.2, -0.15) is 4.31 Å². The summed E-state index contributed by atoms with van der Waals surface area (Å²) in [5.41, 5.74) is 0.922. The molecule has 1 aliphatic rings. The highest BCUT2D eigenvalue weighted by atomic mass is 32.2. The van der Waals surface area contributed by atoms with Crippen molar-refractivity contribution in [3.63, 3.8) is 0 Å². The first-order chi connectivity index (χ1) is 14.9. The average Bonchev–Trinajstić information content (AvgIpc) is 3.47. The van der Waals surface area contributed by atoms with Crippen LogP contribution in [0.3, 0.4) is 0 Å². The van der Waals surface area contributed by atoms with Gasteiger partial charge in [-0.05, 0) is 55.3 Å². The summed E-state index contributed by atoms with van der Waals surface area (Å²) in [6.07, 6.45) is 2.44. The van der Waals surface area contributed by atoms with Gasteiger partial charge in [-0.1, -0.05) is 24.3 Å². The molecule has 1 atom stereocenters. The Kier molecular flexibility index (Phi) is 5.88. The van der Waals surface area contributed by atoms with Crippen LogP contribution in [0.4, 0.5) is 11.4 Å². The van der Waals surface area contributed by atoms with Crippen LogP contribution < -0.4 is 10.6 Å². The molecule has 0 spiro atoms. The largest absolute Gasteiger partial charge is 0.459 e. The van der Waals surface area contributed by atoms with Gasteiger partial charge < -0.3 is 15.1 Å². The number of sulfonamides is 1. The van der Waals surface area contributed by atoms with Crippen LogP contribution in [0.25, 0.3) is 0 Å². The molecule has 0 aliphatic carbocycles. The average molecular weight is 439 g/mol. The molecule has 1 aromatic heterocycles. The first kappa shape index (κ1) is 20.8. The normalized spacial score (nSPS) is 16.7. The molecule has 0 saturated carbocycles. The van der Waals surface area contributed by atoms with Gasteiger partial charge in [-0.15, -0.1) is 0 Å². The number of benzene rings is 2. The monoisotopic (exact) mass is 439 g/mol. The van der Waals surface area contributed by atoms with E-state index in [1.165, 1.54) is 22.7 Å². The molecule has 2 N–H and O–H groups in total. The summed E-state index contributed by atoms with van der Waals surface area (Å²) < 4.78 is 32.3. The lowest BCUT2D eigenvalue weighted by Crippen LogP contribution is -2.43. The van der Waals surface area contributed by atoms with Crippen molar-refractivity contribution in [3.05, 3.63) is 78.8 Å². The zero-order valence-corrected chi connectivity index (χ0v) is 17.3. The molecule has 1 fully saturated rings. The number of furan rings is 1. The number of hydrogen-bond donors (Lipinski definition) is 2. The molecule has 4 rings (SSSR count). The molecule has 2 amide bonds. The molecule has 0 bridgehead atoms. The van der Waals surface area contributed by atoms with Gasteiger partial charge >= 0.3 is 0 Å². The lowest BCUT2D eigenvalue weighted by atomic mass is 10.2. The maximum Gasteiger partial charge on any atom is 0.291 e. The highest BCUT2D eigenvalue weighted by Gasteiger charge is 2.39. The Morgan fingerprint density at radius 2 is 1.68 bits per heavy atom. The summed E-state index contributed by atoms with van der Waals surface area (Å²) in [7, 11) is -3.77. The number of nitrogens with one attached hydrogen (secondary N) is 2. The standard InChI is InChI=1S/C22H21N3O5S/c26-21(19-11-5-13-25(19)31(28,29)18-9-2-1-3-10-18)23-16-7-4-8-17(15-16)24-22(27)20-12-6-14-30-20/h1-4,6-10,12,14-15,19H,5,11,13H2,(H,23,26)(H,24,27). The number of rotatable bonds is 6. The van der Waals surface area contributed by atoms with Crippen molar-refractivity contribution in [1.29, 1.82) is 0 Å². The summed E-state index contributed by atoms with van der Waals surface area (Å²) in [4.78, 5) is 25.2. The summed E-state index contributed by atoms with van der Waals surface area (Å²) >= 11 is 0. The molecule has 160 valence electrons. The second-order valence-corrected chi connectivity index (χ2v) is 8.98. The minimum Gasteiger partial charge on any atom is -0.459 e. The number of amides is 2. The molecule has 1 aliphatic heterocycles. The third-order valence-electron chi connectivity index (χ3n) is 4.99. The Morgan fingerprint density at radius 3 is 2.39 bits per heavy atom. The maximum absolute atomic E-state index is 13.0. The lowest BCUT2D eigenvalue weighted by Gasteiger charge is -2.23. The van der Waals surface area contributed by atoms with Gasteiger partial charge in [-0.25, -0.2) is 8.42 Å². The minimum absolute atomic E-state index is 0.164. The second-order valence-electron chi connectivity index (χ2n) is 7.09. The SMILES string of the molecule is O=C(Nc1cccc(NC(=O)C2CCCN2S(=O)(=O)c2ccccc2)c1)c1ccco1. The molecule has 9 heteroatoms. The van der Waals surface area contributed by atoms with E-state index in [2.05, 4.69) is 10.6 Å². The van der Waals surface area contributed by atoms with Crippen molar-refractivity contribution in [1.82, 2.24) is 4.31 Å². The molecular formula is C22H21N3O5S. The van der Waals surface area contributed by atoms with Crippen molar-refractivity contribution < 1.29 is 22.4 Å². The van der Waals surface area contributed by atoms with E-state index in [0.29, 0.717) is 24.2 Å². The van der Waals surface area contributed by atoms with Gasteiger partial charge in [0.1, 0.15) is 6.04 Å². The fourth-order valence-electron chi connectivity index (χ4n) is 3.52. The van der Waals surface area contributed by atoms with Gasteiger partial charge in [0, 0.05) is 17.9 Å². The molecule has 3 aromatic rings. The van der Waals surface area contributed by atoms with Crippen molar-refractivity contribution in [2.75, 3.05) is 17.2 Å². The van der Waals surface area contributed by atoms with Crippen LogP contribution in [0.5, 0.6) is 0 Å². The first-order valence-electron chi connectivity index (χ1n) is 9.78. The van der Waals surface area contributed by atoms with Gasteiger partial charge in [0.05, 0.1) is 11.2 Å². The Labute approximate surface area is 179 Å². The molecular weight excluding hydrogens is 418 g/mol. The number of carbonyl (C=O) groups excluding carboxylic acids is 2. The van der Waals surface area contributed by atoms with Crippen LogP contribution in [-0.4, -0.2) is 37.1 Å². The number of nitrogens with zero attached hydrogens (tertiary/aromatic N) is 1. The molecule has 0 radical (unpaired) electrons. The third-order valence-corrected chi connectivity index (χ3v) is 6.91. The molecule has 2 aromatic carbocycles. The zero-order chi connectivity index (χ0) is 21.8. The van der Waals surface area contributed by atoms with E-state index in [-0.39, 0.29) is 17.2 Å². The fraction of sp³-hybridized carbons (Fsp3) is 0.182. The van der Waals surface area contributed by atoms with Crippen LogP contribution in [0.15, 0.2) is 82.3 Å². The summed E-state index contributed by atoms with van der Waals surface area (Å²) in [5.74, 6) is -0.655. The smallest absolute Gasteiger partial charge is 0.291 e. The van der Waals surface area contributed by atoms with Crippen molar-refractivity contribution >= 4 is 33.2 Å². The Hall–Kier alpha value is -3.43. The van der Waals surface area contributed by atoms with E-state index in [9.17, 15) is 18.0 Å². The van der Waals surface area contributed by atoms with Gasteiger partial charge in [-0.3, -0.25) is 9.59 Å².